The molecular weight excluding hydrogens is 502 g/mol. The van der Waals surface area contributed by atoms with E-state index in [1.165, 1.54) is 31.3 Å². The number of ketones is 1. The highest BCUT2D eigenvalue weighted by Gasteiger charge is 2.47. The van der Waals surface area contributed by atoms with Crippen LogP contribution in [0.15, 0.2) is 66.2 Å². The van der Waals surface area contributed by atoms with Gasteiger partial charge in [-0.15, -0.1) is 0 Å². The van der Waals surface area contributed by atoms with Gasteiger partial charge in [0, 0.05) is 11.8 Å². The van der Waals surface area contributed by atoms with Gasteiger partial charge in [0.2, 0.25) is 0 Å². The van der Waals surface area contributed by atoms with Crippen molar-refractivity contribution in [3.05, 3.63) is 93.5 Å². The monoisotopic (exact) mass is 533 g/mol. The van der Waals surface area contributed by atoms with Crippen LogP contribution in [0.4, 0.5) is 5.69 Å². The van der Waals surface area contributed by atoms with Gasteiger partial charge in [0.1, 0.15) is 17.3 Å². The van der Waals surface area contributed by atoms with Crippen molar-refractivity contribution >= 4 is 34.7 Å². The molecule has 1 unspecified atom stereocenters. The maximum Gasteiger partial charge on any atom is 0.300 e. The van der Waals surface area contributed by atoms with Crippen LogP contribution in [0.5, 0.6) is 11.5 Å². The number of amides is 1. The summed E-state index contributed by atoms with van der Waals surface area (Å²) in [6.45, 7) is 8.36. The number of halogens is 1. The number of aliphatic hydroxyl groups excluding tert-OH is 1. The van der Waals surface area contributed by atoms with Crippen LogP contribution < -0.4 is 14.4 Å². The second kappa shape index (κ2) is 10.9. The van der Waals surface area contributed by atoms with E-state index >= 15 is 0 Å². The number of benzene rings is 3. The average Bonchev–Trinajstić information content (AvgIpc) is 3.18. The van der Waals surface area contributed by atoms with E-state index < -0.39 is 17.7 Å². The fourth-order valence-corrected chi connectivity index (χ4v) is 4.93. The first kappa shape index (κ1) is 27.3. The Morgan fingerprint density at radius 3 is 1.87 bits per heavy atom. The molecule has 6 nitrogen and oxygen atoms in total. The molecule has 7 heteroatoms. The zero-order valence-corrected chi connectivity index (χ0v) is 23.2. The third-order valence-electron chi connectivity index (χ3n) is 6.93. The number of rotatable bonds is 7. The highest BCUT2D eigenvalue weighted by Crippen LogP contribution is 2.45. The van der Waals surface area contributed by atoms with Crippen molar-refractivity contribution in [2.24, 2.45) is 0 Å². The minimum absolute atomic E-state index is 0.0419. The molecule has 4 rings (SSSR count). The van der Waals surface area contributed by atoms with E-state index in [1.807, 2.05) is 48.5 Å². The van der Waals surface area contributed by atoms with E-state index in [0.717, 1.165) is 11.1 Å². The van der Waals surface area contributed by atoms with E-state index in [0.29, 0.717) is 28.8 Å². The standard InChI is InChI=1S/C31H32ClNO5/c1-17(2)19-7-9-21(10-8-19)28-27(29(34)23-15-24(32)26(38-6)16-25(23)37-5)30(35)31(36)33(28)22-13-11-20(12-14-22)18(3)4/h7-18,28,34H,1-6H3/b29-27+. The molecular formula is C31H32ClNO5. The molecule has 1 aliphatic heterocycles. The number of ether oxygens (including phenoxy) is 2. The van der Waals surface area contributed by atoms with Crippen LogP contribution in [0.1, 0.15) is 67.8 Å². The molecule has 0 spiro atoms. The Bertz CT molecular complexity index is 1390. The number of carbonyl (C=O) groups is 2. The number of methoxy groups -OCH3 is 2. The topological polar surface area (TPSA) is 76.1 Å². The molecule has 1 fully saturated rings. The number of Topliss-reactive ketones (excluding diaryl/α,β-unsaturated/α-hetero) is 1. The first-order chi connectivity index (χ1) is 18.1. The highest BCUT2D eigenvalue weighted by molar-refractivity contribution is 6.51. The Kier molecular flexibility index (Phi) is 7.83. The molecule has 1 aliphatic rings. The van der Waals surface area contributed by atoms with Crippen LogP contribution in [0.25, 0.3) is 5.76 Å². The minimum Gasteiger partial charge on any atom is -0.507 e. The Hall–Kier alpha value is -3.77. The molecule has 0 aliphatic carbocycles. The quantitative estimate of drug-likeness (QED) is 0.197. The van der Waals surface area contributed by atoms with Gasteiger partial charge in [-0.25, -0.2) is 0 Å². The van der Waals surface area contributed by atoms with E-state index in [1.54, 1.807) is 0 Å². The summed E-state index contributed by atoms with van der Waals surface area (Å²) in [4.78, 5) is 28.5. The number of aliphatic hydroxyl groups is 1. The van der Waals surface area contributed by atoms with Gasteiger partial charge in [-0.3, -0.25) is 14.5 Å². The molecule has 0 saturated carbocycles. The number of anilines is 1. The van der Waals surface area contributed by atoms with E-state index in [2.05, 4.69) is 27.7 Å². The van der Waals surface area contributed by atoms with E-state index in [-0.39, 0.29) is 27.7 Å². The Labute approximate surface area is 228 Å². The summed E-state index contributed by atoms with van der Waals surface area (Å²) in [6, 6.07) is 17.5. The molecule has 3 aromatic rings. The summed E-state index contributed by atoms with van der Waals surface area (Å²) in [6.07, 6.45) is 0. The van der Waals surface area contributed by atoms with Crippen LogP contribution in [-0.2, 0) is 9.59 Å². The molecule has 1 N–H and O–H groups in total. The van der Waals surface area contributed by atoms with Gasteiger partial charge >= 0.3 is 0 Å². The highest BCUT2D eigenvalue weighted by atomic mass is 35.5. The predicted octanol–water partition coefficient (Wildman–Crippen LogP) is 7.23. The summed E-state index contributed by atoms with van der Waals surface area (Å²) in [5.74, 6) is -0.653. The number of nitrogens with zero attached hydrogens (tertiary/aromatic N) is 1. The first-order valence-corrected chi connectivity index (χ1v) is 12.9. The van der Waals surface area contributed by atoms with Crippen molar-refractivity contribution < 1.29 is 24.2 Å². The van der Waals surface area contributed by atoms with Crippen molar-refractivity contribution in [3.63, 3.8) is 0 Å². The summed E-state index contributed by atoms with van der Waals surface area (Å²) < 4.78 is 10.7. The predicted molar refractivity (Wildman–Crippen MR) is 150 cm³/mol. The van der Waals surface area contributed by atoms with Crippen molar-refractivity contribution in [2.75, 3.05) is 19.1 Å². The van der Waals surface area contributed by atoms with Gasteiger partial charge in [-0.05, 0) is 46.7 Å². The summed E-state index contributed by atoms with van der Waals surface area (Å²) >= 11 is 6.36. The second-order valence-electron chi connectivity index (χ2n) is 9.92. The van der Waals surface area contributed by atoms with Crippen LogP contribution in [-0.4, -0.2) is 31.0 Å². The van der Waals surface area contributed by atoms with Gasteiger partial charge in [-0.1, -0.05) is 75.7 Å². The van der Waals surface area contributed by atoms with Crippen molar-refractivity contribution in [1.29, 1.82) is 0 Å². The van der Waals surface area contributed by atoms with Crippen molar-refractivity contribution in [2.45, 2.75) is 45.6 Å². The van der Waals surface area contributed by atoms with Crippen LogP contribution in [0.3, 0.4) is 0 Å². The zero-order chi connectivity index (χ0) is 27.7. The average molecular weight is 534 g/mol. The van der Waals surface area contributed by atoms with Gasteiger partial charge in [0.15, 0.2) is 0 Å². The molecule has 1 atom stereocenters. The van der Waals surface area contributed by atoms with E-state index in [9.17, 15) is 14.7 Å². The summed E-state index contributed by atoms with van der Waals surface area (Å²) in [7, 11) is 2.91. The minimum atomic E-state index is -0.855. The Morgan fingerprint density at radius 2 is 1.37 bits per heavy atom. The molecule has 198 valence electrons. The molecule has 38 heavy (non-hydrogen) atoms. The molecule has 3 aromatic carbocycles. The molecule has 1 amide bonds. The molecule has 0 radical (unpaired) electrons. The number of carbonyl (C=O) groups excluding carboxylic acids is 2. The van der Waals surface area contributed by atoms with Gasteiger partial charge in [0.25, 0.3) is 11.7 Å². The second-order valence-corrected chi connectivity index (χ2v) is 10.3. The molecule has 1 heterocycles. The maximum absolute atomic E-state index is 13.5. The van der Waals surface area contributed by atoms with Gasteiger partial charge in [0.05, 0.1) is 36.4 Å². The summed E-state index contributed by atoms with van der Waals surface area (Å²) in [5, 5.41) is 11.8. The Balaban J connectivity index is 1.95. The lowest BCUT2D eigenvalue weighted by Gasteiger charge is -2.26. The number of hydrogen-bond donors (Lipinski definition) is 1. The van der Waals surface area contributed by atoms with Crippen molar-refractivity contribution in [1.82, 2.24) is 0 Å². The van der Waals surface area contributed by atoms with Crippen molar-refractivity contribution in [3.8, 4) is 11.5 Å². The molecule has 1 saturated heterocycles. The van der Waals surface area contributed by atoms with Crippen LogP contribution >= 0.6 is 11.6 Å². The van der Waals surface area contributed by atoms with Crippen LogP contribution in [0.2, 0.25) is 5.02 Å². The Morgan fingerprint density at radius 1 is 0.842 bits per heavy atom. The van der Waals surface area contributed by atoms with Crippen LogP contribution in [0, 0.1) is 0 Å². The number of hydrogen-bond acceptors (Lipinski definition) is 5. The molecule has 0 aromatic heterocycles. The third kappa shape index (κ3) is 4.88. The smallest absolute Gasteiger partial charge is 0.300 e. The normalized spacial score (nSPS) is 17.0. The largest absolute Gasteiger partial charge is 0.507 e. The lowest BCUT2D eigenvalue weighted by molar-refractivity contribution is -0.132. The van der Waals surface area contributed by atoms with Gasteiger partial charge in [-0.2, -0.15) is 0 Å². The van der Waals surface area contributed by atoms with Gasteiger partial charge < -0.3 is 14.6 Å². The fourth-order valence-electron chi connectivity index (χ4n) is 4.69. The molecule has 0 bridgehead atoms. The fraction of sp³-hybridized carbons (Fsp3) is 0.290. The zero-order valence-electron chi connectivity index (χ0n) is 22.4. The first-order valence-electron chi connectivity index (χ1n) is 12.5. The lowest BCUT2D eigenvalue weighted by atomic mass is 9.92. The maximum atomic E-state index is 13.5. The third-order valence-corrected chi connectivity index (χ3v) is 7.23. The van der Waals surface area contributed by atoms with E-state index in [4.69, 9.17) is 21.1 Å². The SMILES string of the molecule is COc1cc(OC)c(/C(O)=C2\C(=O)C(=O)N(c3ccc(C(C)C)cc3)C2c2ccc(C(C)C)cc2)cc1Cl. The lowest BCUT2D eigenvalue weighted by Crippen LogP contribution is -2.29. The summed E-state index contributed by atoms with van der Waals surface area (Å²) in [5.41, 5.74) is 3.64.